The predicted molar refractivity (Wildman–Crippen MR) is 86.5 cm³/mol. The van der Waals surface area contributed by atoms with Gasteiger partial charge in [0.05, 0.1) is 7.11 Å². The smallest absolute Gasteiger partial charge is 0.348 e. The van der Waals surface area contributed by atoms with Gasteiger partial charge in [-0.25, -0.2) is 4.79 Å². The van der Waals surface area contributed by atoms with Crippen molar-refractivity contribution in [1.29, 1.82) is 0 Å². The molecule has 0 bridgehead atoms. The van der Waals surface area contributed by atoms with E-state index in [2.05, 4.69) is 12.1 Å². The molecule has 0 saturated carbocycles. The molecule has 0 aliphatic carbocycles. The molecule has 0 radical (unpaired) electrons. The van der Waals surface area contributed by atoms with Crippen LogP contribution in [0.5, 0.6) is 0 Å². The van der Waals surface area contributed by atoms with Crippen LogP contribution in [-0.4, -0.2) is 13.1 Å². The molecule has 0 aliphatic heterocycles. The Kier molecular flexibility index (Phi) is 3.84. The van der Waals surface area contributed by atoms with Crippen molar-refractivity contribution in [2.24, 2.45) is 0 Å². The van der Waals surface area contributed by atoms with E-state index in [-0.39, 0.29) is 5.97 Å². The third-order valence-corrected chi connectivity index (χ3v) is 4.27. The van der Waals surface area contributed by atoms with E-state index in [1.54, 1.807) is 0 Å². The zero-order valence-electron chi connectivity index (χ0n) is 11.6. The molecule has 0 unspecified atom stereocenters. The summed E-state index contributed by atoms with van der Waals surface area (Å²) >= 11 is 1.42. The zero-order chi connectivity index (χ0) is 14.7. The number of esters is 1. The van der Waals surface area contributed by atoms with Crippen LogP contribution in [0.4, 0.5) is 0 Å². The SMILES string of the molecule is COC(=O)c1scc(-c2ccccc2)c1-c1ccccc1. The molecule has 0 atom stereocenters. The van der Waals surface area contributed by atoms with Crippen molar-refractivity contribution in [3.63, 3.8) is 0 Å². The molecule has 21 heavy (non-hydrogen) atoms. The molecule has 3 aromatic rings. The summed E-state index contributed by atoms with van der Waals surface area (Å²) in [5.74, 6) is -0.291. The van der Waals surface area contributed by atoms with Gasteiger partial charge in [-0.2, -0.15) is 0 Å². The standard InChI is InChI=1S/C18H14O2S/c1-20-18(19)17-16(14-10-6-3-7-11-14)15(12-21-17)13-8-4-2-5-9-13/h2-12H,1H3. The molecule has 0 amide bonds. The van der Waals surface area contributed by atoms with Gasteiger partial charge in [0, 0.05) is 16.5 Å². The average Bonchev–Trinajstić information content (AvgIpc) is 3.00. The largest absolute Gasteiger partial charge is 0.465 e. The van der Waals surface area contributed by atoms with Crippen LogP contribution in [0.1, 0.15) is 9.67 Å². The van der Waals surface area contributed by atoms with E-state index in [4.69, 9.17) is 4.74 Å². The molecule has 0 spiro atoms. The Morgan fingerprint density at radius 1 is 0.905 bits per heavy atom. The minimum atomic E-state index is -0.291. The van der Waals surface area contributed by atoms with Crippen LogP contribution in [0.15, 0.2) is 66.0 Å². The molecule has 0 aliphatic rings. The molecule has 104 valence electrons. The van der Waals surface area contributed by atoms with E-state index in [1.807, 2.05) is 53.9 Å². The third-order valence-electron chi connectivity index (χ3n) is 3.31. The monoisotopic (exact) mass is 294 g/mol. The van der Waals surface area contributed by atoms with E-state index in [0.29, 0.717) is 4.88 Å². The van der Waals surface area contributed by atoms with E-state index < -0.39 is 0 Å². The van der Waals surface area contributed by atoms with Gasteiger partial charge in [0.25, 0.3) is 0 Å². The van der Waals surface area contributed by atoms with Gasteiger partial charge in [-0.05, 0) is 11.1 Å². The number of carbonyl (C=O) groups is 1. The zero-order valence-corrected chi connectivity index (χ0v) is 12.4. The quantitative estimate of drug-likeness (QED) is 0.644. The summed E-state index contributed by atoms with van der Waals surface area (Å²) in [5, 5.41) is 2.02. The molecule has 3 rings (SSSR count). The Morgan fingerprint density at radius 3 is 2.05 bits per heavy atom. The highest BCUT2D eigenvalue weighted by atomic mass is 32.1. The molecule has 1 aromatic heterocycles. The predicted octanol–water partition coefficient (Wildman–Crippen LogP) is 4.87. The Morgan fingerprint density at radius 2 is 1.48 bits per heavy atom. The first-order valence-corrected chi connectivity index (χ1v) is 7.50. The van der Waals surface area contributed by atoms with Crippen molar-refractivity contribution in [3.8, 4) is 22.3 Å². The molecule has 3 heteroatoms. The van der Waals surface area contributed by atoms with Crippen LogP contribution in [0.2, 0.25) is 0 Å². The highest BCUT2D eigenvalue weighted by Gasteiger charge is 2.20. The second kappa shape index (κ2) is 5.94. The number of carbonyl (C=O) groups excluding carboxylic acids is 1. The number of ether oxygens (including phenoxy) is 1. The lowest BCUT2D eigenvalue weighted by molar-refractivity contribution is 0.0607. The molecule has 0 fully saturated rings. The number of methoxy groups -OCH3 is 1. The maximum atomic E-state index is 12.0. The van der Waals surface area contributed by atoms with Crippen LogP contribution in [0.25, 0.3) is 22.3 Å². The van der Waals surface area contributed by atoms with Gasteiger partial charge in [-0.3, -0.25) is 0 Å². The van der Waals surface area contributed by atoms with Gasteiger partial charge in [-0.15, -0.1) is 11.3 Å². The summed E-state index contributed by atoms with van der Waals surface area (Å²) in [6.07, 6.45) is 0. The lowest BCUT2D eigenvalue weighted by atomic mass is 9.97. The minimum Gasteiger partial charge on any atom is -0.465 e. The molecule has 1 heterocycles. The fraction of sp³-hybridized carbons (Fsp3) is 0.0556. The summed E-state index contributed by atoms with van der Waals surface area (Å²) in [6, 6.07) is 20.0. The Bertz CT molecular complexity index is 745. The van der Waals surface area contributed by atoms with Crippen molar-refractivity contribution >= 4 is 17.3 Å². The van der Waals surface area contributed by atoms with E-state index in [9.17, 15) is 4.79 Å². The molecule has 2 nitrogen and oxygen atoms in total. The van der Waals surface area contributed by atoms with Gasteiger partial charge < -0.3 is 4.74 Å². The summed E-state index contributed by atoms with van der Waals surface area (Å²) in [5.41, 5.74) is 4.13. The lowest BCUT2D eigenvalue weighted by Gasteiger charge is -2.07. The molecular formula is C18H14O2S. The summed E-state index contributed by atoms with van der Waals surface area (Å²) < 4.78 is 4.92. The average molecular weight is 294 g/mol. The van der Waals surface area contributed by atoms with Crippen molar-refractivity contribution in [2.75, 3.05) is 7.11 Å². The van der Waals surface area contributed by atoms with Crippen LogP contribution in [-0.2, 0) is 4.74 Å². The maximum Gasteiger partial charge on any atom is 0.348 e. The van der Waals surface area contributed by atoms with Gasteiger partial charge in [0.2, 0.25) is 0 Å². The number of hydrogen-bond acceptors (Lipinski definition) is 3. The van der Waals surface area contributed by atoms with Crippen molar-refractivity contribution in [3.05, 3.63) is 70.9 Å². The van der Waals surface area contributed by atoms with Crippen molar-refractivity contribution in [2.45, 2.75) is 0 Å². The first kappa shape index (κ1) is 13.6. The fourth-order valence-electron chi connectivity index (χ4n) is 2.32. The van der Waals surface area contributed by atoms with Crippen LogP contribution < -0.4 is 0 Å². The van der Waals surface area contributed by atoms with Crippen molar-refractivity contribution < 1.29 is 9.53 Å². The number of benzene rings is 2. The third kappa shape index (κ3) is 2.60. The molecule has 2 aromatic carbocycles. The van der Waals surface area contributed by atoms with Gasteiger partial charge in [-0.1, -0.05) is 60.7 Å². The molecular weight excluding hydrogens is 280 g/mol. The minimum absolute atomic E-state index is 0.291. The highest BCUT2D eigenvalue weighted by molar-refractivity contribution is 7.13. The lowest BCUT2D eigenvalue weighted by Crippen LogP contribution is -2.00. The first-order valence-electron chi connectivity index (χ1n) is 6.62. The Balaban J connectivity index is 2.23. The summed E-state index contributed by atoms with van der Waals surface area (Å²) in [7, 11) is 1.42. The highest BCUT2D eigenvalue weighted by Crippen LogP contribution is 2.39. The summed E-state index contributed by atoms with van der Waals surface area (Å²) in [4.78, 5) is 12.7. The second-order valence-electron chi connectivity index (χ2n) is 4.58. The normalized spacial score (nSPS) is 10.3. The van der Waals surface area contributed by atoms with Crippen LogP contribution in [0.3, 0.4) is 0 Å². The van der Waals surface area contributed by atoms with E-state index in [0.717, 1.165) is 22.3 Å². The van der Waals surface area contributed by atoms with Gasteiger partial charge in [0.15, 0.2) is 0 Å². The summed E-state index contributed by atoms with van der Waals surface area (Å²) in [6.45, 7) is 0. The topological polar surface area (TPSA) is 26.3 Å². The van der Waals surface area contributed by atoms with Crippen LogP contribution >= 0.6 is 11.3 Å². The number of hydrogen-bond donors (Lipinski definition) is 0. The van der Waals surface area contributed by atoms with Gasteiger partial charge in [0.1, 0.15) is 4.88 Å². The van der Waals surface area contributed by atoms with E-state index in [1.165, 1.54) is 18.4 Å². The van der Waals surface area contributed by atoms with Crippen LogP contribution in [0, 0.1) is 0 Å². The number of rotatable bonds is 3. The second-order valence-corrected chi connectivity index (χ2v) is 5.46. The van der Waals surface area contributed by atoms with Crippen molar-refractivity contribution in [1.82, 2.24) is 0 Å². The maximum absolute atomic E-state index is 12.0. The Hall–Kier alpha value is -2.39. The van der Waals surface area contributed by atoms with E-state index >= 15 is 0 Å². The first-order chi connectivity index (χ1) is 10.3. The van der Waals surface area contributed by atoms with Gasteiger partial charge >= 0.3 is 5.97 Å². The molecule has 0 N–H and O–H groups in total. The molecule has 0 saturated heterocycles. The number of thiophene rings is 1. The fourth-order valence-corrected chi connectivity index (χ4v) is 3.34. The Labute approximate surface area is 127 Å².